The first kappa shape index (κ1) is 16.8. The highest BCUT2D eigenvalue weighted by Crippen LogP contribution is 2.25. The lowest BCUT2D eigenvalue weighted by Crippen LogP contribution is -2.24. The number of hydrogen-bond donors (Lipinski definition) is 2. The molecule has 2 rings (SSSR count). The molecule has 0 saturated carbocycles. The second-order valence-corrected chi connectivity index (χ2v) is 6.21. The lowest BCUT2D eigenvalue weighted by molar-refractivity contribution is -0.274. The second-order valence-electron chi connectivity index (χ2n) is 4.98. The number of thioether (sulfide) groups is 1. The summed E-state index contributed by atoms with van der Waals surface area (Å²) in [7, 11) is 0. The van der Waals surface area contributed by atoms with Gasteiger partial charge in [-0.05, 0) is 42.4 Å². The van der Waals surface area contributed by atoms with Gasteiger partial charge in [0.05, 0.1) is 0 Å². The summed E-state index contributed by atoms with van der Waals surface area (Å²) in [6.07, 6.45) is -2.47. The van der Waals surface area contributed by atoms with Crippen LogP contribution in [0.2, 0.25) is 0 Å². The van der Waals surface area contributed by atoms with Crippen LogP contribution in [0.15, 0.2) is 29.3 Å². The first-order valence-electron chi connectivity index (χ1n) is 6.93. The summed E-state index contributed by atoms with van der Waals surface area (Å²) >= 11 is 1.94. The number of anilines is 1. The lowest BCUT2D eigenvalue weighted by atomic mass is 10.0. The molecular weight excluding hydrogens is 315 g/mol. The van der Waals surface area contributed by atoms with Crippen molar-refractivity contribution in [2.45, 2.75) is 19.2 Å². The standard InChI is InChI=1S/C14H18F3N3OS/c15-14(16,17)21-12-3-1-2-11(8-12)20-13(18)19-9-10-4-6-22-7-5-10/h1-3,8,10H,4-7,9H2,(H3,18,19,20). The van der Waals surface area contributed by atoms with E-state index in [1.807, 2.05) is 11.8 Å². The number of aliphatic imine (C=N–C) groups is 1. The summed E-state index contributed by atoms with van der Waals surface area (Å²) in [6, 6.07) is 5.51. The van der Waals surface area contributed by atoms with Crippen molar-refractivity contribution in [3.63, 3.8) is 0 Å². The first-order chi connectivity index (χ1) is 10.4. The molecule has 0 aromatic heterocycles. The molecule has 122 valence electrons. The van der Waals surface area contributed by atoms with Gasteiger partial charge >= 0.3 is 6.36 Å². The highest BCUT2D eigenvalue weighted by Gasteiger charge is 2.31. The third-order valence-electron chi connectivity index (χ3n) is 3.20. The van der Waals surface area contributed by atoms with Crippen LogP contribution < -0.4 is 15.8 Å². The van der Waals surface area contributed by atoms with E-state index in [9.17, 15) is 13.2 Å². The Morgan fingerprint density at radius 3 is 2.77 bits per heavy atom. The summed E-state index contributed by atoms with van der Waals surface area (Å²) < 4.78 is 40.4. The zero-order valence-electron chi connectivity index (χ0n) is 11.9. The first-order valence-corrected chi connectivity index (χ1v) is 8.08. The molecule has 0 unspecified atom stereocenters. The fourth-order valence-corrected chi connectivity index (χ4v) is 3.32. The maximum absolute atomic E-state index is 12.2. The number of alkyl halides is 3. The molecule has 0 radical (unpaired) electrons. The molecule has 1 aliphatic rings. The number of benzene rings is 1. The molecule has 1 saturated heterocycles. The van der Waals surface area contributed by atoms with Gasteiger partial charge in [-0.15, -0.1) is 13.2 Å². The molecule has 1 fully saturated rings. The molecule has 22 heavy (non-hydrogen) atoms. The van der Waals surface area contributed by atoms with E-state index in [0.717, 1.165) is 24.3 Å². The third-order valence-corrected chi connectivity index (χ3v) is 4.25. The maximum Gasteiger partial charge on any atom is 0.573 e. The molecule has 0 aliphatic carbocycles. The molecule has 0 bridgehead atoms. The smallest absolute Gasteiger partial charge is 0.406 e. The van der Waals surface area contributed by atoms with E-state index in [-0.39, 0.29) is 11.7 Å². The predicted molar refractivity (Wildman–Crippen MR) is 83.3 cm³/mol. The number of rotatable bonds is 4. The summed E-state index contributed by atoms with van der Waals surface area (Å²) in [6.45, 7) is 0.637. The van der Waals surface area contributed by atoms with Crippen molar-refractivity contribution < 1.29 is 17.9 Å². The van der Waals surface area contributed by atoms with Crippen molar-refractivity contribution >= 4 is 23.4 Å². The number of nitrogens with one attached hydrogen (secondary N) is 1. The van der Waals surface area contributed by atoms with Gasteiger partial charge in [-0.25, -0.2) is 0 Å². The minimum atomic E-state index is -4.71. The van der Waals surface area contributed by atoms with Gasteiger partial charge in [0.25, 0.3) is 0 Å². The van der Waals surface area contributed by atoms with Gasteiger partial charge < -0.3 is 15.8 Å². The van der Waals surface area contributed by atoms with E-state index < -0.39 is 6.36 Å². The summed E-state index contributed by atoms with van der Waals surface area (Å²) in [5.74, 6) is 2.72. The molecule has 1 heterocycles. The highest BCUT2D eigenvalue weighted by molar-refractivity contribution is 7.99. The number of hydrogen-bond acceptors (Lipinski definition) is 3. The topological polar surface area (TPSA) is 59.6 Å². The Hall–Kier alpha value is -1.57. The van der Waals surface area contributed by atoms with Gasteiger partial charge in [0, 0.05) is 18.3 Å². The van der Waals surface area contributed by atoms with Crippen LogP contribution in [0.25, 0.3) is 0 Å². The molecule has 0 atom stereocenters. The SMILES string of the molecule is NC(=NCC1CCSCC1)Nc1cccc(OC(F)(F)F)c1. The molecule has 1 aromatic rings. The number of ether oxygens (including phenoxy) is 1. The van der Waals surface area contributed by atoms with Gasteiger partial charge in [0.1, 0.15) is 5.75 Å². The Kier molecular flexibility index (Phi) is 5.82. The summed E-state index contributed by atoms with van der Waals surface area (Å²) in [5, 5.41) is 2.78. The predicted octanol–water partition coefficient (Wildman–Crippen LogP) is 3.46. The van der Waals surface area contributed by atoms with Crippen molar-refractivity contribution in [2.75, 3.05) is 23.4 Å². The molecule has 0 amide bonds. The fraction of sp³-hybridized carbons (Fsp3) is 0.500. The highest BCUT2D eigenvalue weighted by atomic mass is 32.2. The summed E-state index contributed by atoms with van der Waals surface area (Å²) in [5.41, 5.74) is 6.18. The number of nitrogens with two attached hydrogens (primary N) is 1. The van der Waals surface area contributed by atoms with Gasteiger partial charge in [-0.2, -0.15) is 11.8 Å². The van der Waals surface area contributed by atoms with Crippen LogP contribution in [0.4, 0.5) is 18.9 Å². The molecular formula is C14H18F3N3OS. The van der Waals surface area contributed by atoms with Crippen molar-refractivity contribution in [1.29, 1.82) is 0 Å². The molecule has 4 nitrogen and oxygen atoms in total. The van der Waals surface area contributed by atoms with Crippen LogP contribution >= 0.6 is 11.8 Å². The average Bonchev–Trinajstić information content (AvgIpc) is 2.45. The van der Waals surface area contributed by atoms with E-state index in [2.05, 4.69) is 15.0 Å². The Balaban J connectivity index is 1.90. The maximum atomic E-state index is 12.2. The van der Waals surface area contributed by atoms with E-state index in [0.29, 0.717) is 18.2 Å². The largest absolute Gasteiger partial charge is 0.573 e. The molecule has 1 aliphatic heterocycles. The van der Waals surface area contributed by atoms with Crippen molar-refractivity contribution in [3.8, 4) is 5.75 Å². The van der Waals surface area contributed by atoms with Crippen molar-refractivity contribution in [3.05, 3.63) is 24.3 Å². The minimum Gasteiger partial charge on any atom is -0.406 e. The molecule has 0 spiro atoms. The van der Waals surface area contributed by atoms with E-state index in [4.69, 9.17) is 5.73 Å². The second kappa shape index (κ2) is 7.62. The van der Waals surface area contributed by atoms with Crippen LogP contribution in [-0.4, -0.2) is 30.4 Å². The zero-order chi connectivity index (χ0) is 16.0. The van der Waals surface area contributed by atoms with Crippen LogP contribution in [-0.2, 0) is 0 Å². The number of halogens is 3. The Morgan fingerprint density at radius 1 is 1.36 bits per heavy atom. The molecule has 8 heteroatoms. The van der Waals surface area contributed by atoms with Crippen LogP contribution in [0.5, 0.6) is 5.75 Å². The average molecular weight is 333 g/mol. The van der Waals surface area contributed by atoms with Crippen LogP contribution in [0.3, 0.4) is 0 Å². The lowest BCUT2D eigenvalue weighted by Gasteiger charge is -2.19. The van der Waals surface area contributed by atoms with E-state index in [1.54, 1.807) is 6.07 Å². The molecule has 3 N–H and O–H groups in total. The Labute approximate surface area is 131 Å². The Morgan fingerprint density at radius 2 is 2.09 bits per heavy atom. The van der Waals surface area contributed by atoms with Gasteiger partial charge in [-0.1, -0.05) is 6.07 Å². The minimum absolute atomic E-state index is 0.197. The van der Waals surface area contributed by atoms with E-state index in [1.165, 1.54) is 18.2 Å². The van der Waals surface area contributed by atoms with Crippen molar-refractivity contribution in [2.24, 2.45) is 16.6 Å². The van der Waals surface area contributed by atoms with Gasteiger partial charge in [-0.3, -0.25) is 4.99 Å². The van der Waals surface area contributed by atoms with Gasteiger partial charge in [0.2, 0.25) is 0 Å². The number of nitrogens with zero attached hydrogens (tertiary/aromatic N) is 1. The number of guanidine groups is 1. The summed E-state index contributed by atoms with van der Waals surface area (Å²) in [4.78, 5) is 4.26. The van der Waals surface area contributed by atoms with Crippen LogP contribution in [0, 0.1) is 5.92 Å². The third kappa shape index (κ3) is 6.05. The van der Waals surface area contributed by atoms with E-state index >= 15 is 0 Å². The van der Waals surface area contributed by atoms with Gasteiger partial charge in [0.15, 0.2) is 5.96 Å². The molecule has 1 aromatic carbocycles. The normalized spacial score (nSPS) is 17.3. The Bertz CT molecular complexity index is 516. The van der Waals surface area contributed by atoms with Crippen LogP contribution in [0.1, 0.15) is 12.8 Å². The van der Waals surface area contributed by atoms with Crippen molar-refractivity contribution in [1.82, 2.24) is 0 Å². The monoisotopic (exact) mass is 333 g/mol. The quantitative estimate of drug-likeness (QED) is 0.654. The fourth-order valence-electron chi connectivity index (χ4n) is 2.11. The zero-order valence-corrected chi connectivity index (χ0v) is 12.7.